The fraction of sp³-hybridized carbons (Fsp3) is 0.316. The topological polar surface area (TPSA) is 47.6 Å². The van der Waals surface area contributed by atoms with Crippen LogP contribution >= 0.6 is 11.8 Å². The smallest absolute Gasteiger partial charge is 0.230 e. The van der Waals surface area contributed by atoms with Gasteiger partial charge in [-0.1, -0.05) is 30.3 Å². The maximum atomic E-state index is 12.2. The standard InChI is InChI=1S/C19H23NO3S/c1-14(17-11-16(22-2)9-10-18(17)23-3)20-19(21)13-24-12-15-7-5-4-6-8-15/h4-11,14H,12-13H2,1-3H3,(H,20,21). The maximum absolute atomic E-state index is 12.2. The lowest BCUT2D eigenvalue weighted by atomic mass is 10.1. The van der Waals surface area contributed by atoms with Crippen LogP contribution in [0.1, 0.15) is 24.1 Å². The molecular formula is C19H23NO3S. The van der Waals surface area contributed by atoms with E-state index in [1.54, 1.807) is 26.0 Å². The zero-order valence-electron chi connectivity index (χ0n) is 14.2. The third-order valence-corrected chi connectivity index (χ3v) is 4.63. The highest BCUT2D eigenvalue weighted by molar-refractivity contribution is 7.99. The third kappa shape index (κ3) is 5.20. The van der Waals surface area contributed by atoms with Crippen LogP contribution in [-0.2, 0) is 10.5 Å². The first-order valence-corrected chi connectivity index (χ1v) is 8.92. The summed E-state index contributed by atoms with van der Waals surface area (Å²) in [5.41, 5.74) is 2.12. The van der Waals surface area contributed by atoms with Gasteiger partial charge in [0.05, 0.1) is 26.0 Å². The van der Waals surface area contributed by atoms with Crippen molar-refractivity contribution in [3.05, 3.63) is 59.7 Å². The summed E-state index contributed by atoms with van der Waals surface area (Å²) in [5.74, 6) is 2.73. The van der Waals surface area contributed by atoms with Crippen molar-refractivity contribution in [3.8, 4) is 11.5 Å². The second-order valence-corrected chi connectivity index (χ2v) is 6.36. The Bertz CT molecular complexity index is 661. The van der Waals surface area contributed by atoms with E-state index in [2.05, 4.69) is 17.4 Å². The van der Waals surface area contributed by atoms with Crippen LogP contribution in [0.5, 0.6) is 11.5 Å². The first kappa shape index (κ1) is 18.2. The number of hydrogen-bond acceptors (Lipinski definition) is 4. The first-order valence-electron chi connectivity index (χ1n) is 7.77. The van der Waals surface area contributed by atoms with E-state index in [-0.39, 0.29) is 11.9 Å². The number of hydrogen-bond donors (Lipinski definition) is 1. The molecule has 0 spiro atoms. The van der Waals surface area contributed by atoms with E-state index < -0.39 is 0 Å². The van der Waals surface area contributed by atoms with Gasteiger partial charge in [0.2, 0.25) is 5.91 Å². The number of amides is 1. The lowest BCUT2D eigenvalue weighted by Crippen LogP contribution is -2.28. The monoisotopic (exact) mass is 345 g/mol. The van der Waals surface area contributed by atoms with Gasteiger partial charge in [-0.05, 0) is 30.7 Å². The maximum Gasteiger partial charge on any atom is 0.230 e. The molecule has 0 bridgehead atoms. The summed E-state index contributed by atoms with van der Waals surface area (Å²) in [6.45, 7) is 1.94. The van der Waals surface area contributed by atoms with Gasteiger partial charge in [-0.2, -0.15) is 0 Å². The predicted molar refractivity (Wildman–Crippen MR) is 98.7 cm³/mol. The highest BCUT2D eigenvalue weighted by atomic mass is 32.2. The van der Waals surface area contributed by atoms with Crippen LogP contribution in [0.15, 0.2) is 48.5 Å². The highest BCUT2D eigenvalue weighted by Crippen LogP contribution is 2.29. The Labute approximate surface area is 147 Å². The molecule has 0 aromatic heterocycles. The van der Waals surface area contributed by atoms with Crippen molar-refractivity contribution in [2.75, 3.05) is 20.0 Å². The Morgan fingerprint density at radius 2 is 1.88 bits per heavy atom. The largest absolute Gasteiger partial charge is 0.497 e. The molecule has 0 aliphatic heterocycles. The molecule has 2 rings (SSSR count). The fourth-order valence-corrected chi connectivity index (χ4v) is 3.17. The Morgan fingerprint density at radius 3 is 2.54 bits per heavy atom. The van der Waals surface area contributed by atoms with Gasteiger partial charge in [0.15, 0.2) is 0 Å². The molecule has 1 unspecified atom stereocenters. The Morgan fingerprint density at radius 1 is 1.12 bits per heavy atom. The SMILES string of the molecule is COc1ccc(OC)c(C(C)NC(=O)CSCc2ccccc2)c1. The van der Waals surface area contributed by atoms with Crippen molar-refractivity contribution in [1.29, 1.82) is 0 Å². The molecule has 0 aliphatic carbocycles. The van der Waals surface area contributed by atoms with Gasteiger partial charge >= 0.3 is 0 Å². The Kier molecular flexibility index (Phi) is 7.00. The molecule has 24 heavy (non-hydrogen) atoms. The van der Waals surface area contributed by atoms with Gasteiger partial charge in [0.1, 0.15) is 11.5 Å². The molecule has 1 atom stereocenters. The van der Waals surface area contributed by atoms with E-state index >= 15 is 0 Å². The quantitative estimate of drug-likeness (QED) is 0.790. The van der Waals surface area contributed by atoms with Gasteiger partial charge in [-0.25, -0.2) is 0 Å². The molecule has 2 aromatic carbocycles. The molecule has 0 radical (unpaired) electrons. The Hall–Kier alpha value is -2.14. The van der Waals surface area contributed by atoms with Gasteiger partial charge in [-0.15, -0.1) is 11.8 Å². The van der Waals surface area contributed by atoms with Crippen molar-refractivity contribution in [1.82, 2.24) is 5.32 Å². The molecule has 0 heterocycles. The number of methoxy groups -OCH3 is 2. The number of benzene rings is 2. The number of carbonyl (C=O) groups excluding carboxylic acids is 1. The molecule has 0 saturated carbocycles. The molecule has 128 valence electrons. The second-order valence-electron chi connectivity index (χ2n) is 5.38. The molecule has 5 heteroatoms. The normalized spacial score (nSPS) is 11.6. The number of nitrogens with one attached hydrogen (secondary N) is 1. The number of ether oxygens (including phenoxy) is 2. The third-order valence-electron chi connectivity index (χ3n) is 3.63. The van der Waals surface area contributed by atoms with Gasteiger partial charge < -0.3 is 14.8 Å². The van der Waals surface area contributed by atoms with E-state index in [1.165, 1.54) is 5.56 Å². The highest BCUT2D eigenvalue weighted by Gasteiger charge is 2.15. The first-order chi connectivity index (χ1) is 11.6. The lowest BCUT2D eigenvalue weighted by Gasteiger charge is -2.18. The number of thioether (sulfide) groups is 1. The fourth-order valence-electron chi connectivity index (χ4n) is 2.37. The Balaban J connectivity index is 1.89. The summed E-state index contributed by atoms with van der Waals surface area (Å²) in [4.78, 5) is 12.2. The zero-order chi connectivity index (χ0) is 17.4. The molecule has 0 aliphatic rings. The van der Waals surface area contributed by atoms with Crippen LogP contribution in [0.25, 0.3) is 0 Å². The van der Waals surface area contributed by atoms with Crippen molar-refractivity contribution in [3.63, 3.8) is 0 Å². The summed E-state index contributed by atoms with van der Waals surface area (Å²) >= 11 is 1.60. The molecule has 0 fully saturated rings. The van der Waals surface area contributed by atoms with Gasteiger partial charge in [0, 0.05) is 11.3 Å². The van der Waals surface area contributed by atoms with Crippen LogP contribution in [0.4, 0.5) is 0 Å². The van der Waals surface area contributed by atoms with Crippen LogP contribution in [0, 0.1) is 0 Å². The molecule has 2 aromatic rings. The summed E-state index contributed by atoms with van der Waals surface area (Å²) in [6.07, 6.45) is 0. The van der Waals surface area contributed by atoms with E-state index in [0.717, 1.165) is 22.8 Å². The summed E-state index contributed by atoms with van der Waals surface area (Å²) in [6, 6.07) is 15.6. The van der Waals surface area contributed by atoms with E-state index in [9.17, 15) is 4.79 Å². The minimum Gasteiger partial charge on any atom is -0.497 e. The molecular weight excluding hydrogens is 322 g/mol. The van der Waals surface area contributed by atoms with Gasteiger partial charge in [-0.3, -0.25) is 4.79 Å². The minimum absolute atomic E-state index is 0.00769. The minimum atomic E-state index is -0.153. The van der Waals surface area contributed by atoms with E-state index in [1.807, 2.05) is 43.3 Å². The van der Waals surface area contributed by atoms with Crippen molar-refractivity contribution in [2.45, 2.75) is 18.7 Å². The molecule has 1 N–H and O–H groups in total. The number of carbonyl (C=O) groups is 1. The van der Waals surface area contributed by atoms with Crippen molar-refractivity contribution in [2.24, 2.45) is 0 Å². The second kappa shape index (κ2) is 9.23. The van der Waals surface area contributed by atoms with E-state index in [0.29, 0.717) is 5.75 Å². The molecule has 4 nitrogen and oxygen atoms in total. The predicted octanol–water partition coefficient (Wildman–Crippen LogP) is 3.81. The summed E-state index contributed by atoms with van der Waals surface area (Å²) in [7, 11) is 3.24. The van der Waals surface area contributed by atoms with E-state index in [4.69, 9.17) is 9.47 Å². The van der Waals surface area contributed by atoms with Gasteiger partial charge in [0.25, 0.3) is 0 Å². The van der Waals surface area contributed by atoms with Crippen LogP contribution in [0.3, 0.4) is 0 Å². The van der Waals surface area contributed by atoms with Crippen molar-refractivity contribution < 1.29 is 14.3 Å². The zero-order valence-corrected chi connectivity index (χ0v) is 15.1. The van der Waals surface area contributed by atoms with Crippen LogP contribution < -0.4 is 14.8 Å². The molecule has 0 saturated heterocycles. The number of rotatable bonds is 8. The average Bonchev–Trinajstić information content (AvgIpc) is 2.62. The average molecular weight is 345 g/mol. The van der Waals surface area contributed by atoms with Crippen LogP contribution in [-0.4, -0.2) is 25.9 Å². The summed E-state index contributed by atoms with van der Waals surface area (Å²) < 4.78 is 10.6. The summed E-state index contributed by atoms with van der Waals surface area (Å²) in [5, 5.41) is 3.01. The van der Waals surface area contributed by atoms with Crippen molar-refractivity contribution >= 4 is 17.7 Å². The molecule has 1 amide bonds. The lowest BCUT2D eigenvalue weighted by molar-refractivity contribution is -0.119. The van der Waals surface area contributed by atoms with Crippen LogP contribution in [0.2, 0.25) is 0 Å².